The van der Waals surface area contributed by atoms with E-state index in [-0.39, 0.29) is 6.10 Å². The number of aliphatic hydroxyl groups is 1. The van der Waals surface area contributed by atoms with Crippen molar-refractivity contribution in [1.82, 2.24) is 19.5 Å². The van der Waals surface area contributed by atoms with E-state index in [1.807, 2.05) is 0 Å². The fourth-order valence-electron chi connectivity index (χ4n) is 2.19. The highest BCUT2D eigenvalue weighted by atomic mass is 16.5. The van der Waals surface area contributed by atoms with Crippen molar-refractivity contribution < 1.29 is 9.84 Å². The highest BCUT2D eigenvalue weighted by molar-refractivity contribution is 5.81. The average molecular weight is 250 g/mol. The molecule has 0 aromatic carbocycles. The lowest BCUT2D eigenvalue weighted by molar-refractivity contribution is -0.0321. The summed E-state index contributed by atoms with van der Waals surface area (Å²) in [6.45, 7) is 0.372. The highest BCUT2D eigenvalue weighted by Crippen LogP contribution is 2.30. The van der Waals surface area contributed by atoms with Gasteiger partial charge in [-0.05, 0) is 0 Å². The summed E-state index contributed by atoms with van der Waals surface area (Å²) < 4.78 is 7.32. The van der Waals surface area contributed by atoms with Crippen LogP contribution in [-0.4, -0.2) is 43.4 Å². The van der Waals surface area contributed by atoms with E-state index in [1.54, 1.807) is 10.9 Å². The van der Waals surface area contributed by atoms with Gasteiger partial charge in [-0.2, -0.15) is 0 Å². The van der Waals surface area contributed by atoms with Gasteiger partial charge >= 0.3 is 0 Å². The number of aromatic nitrogens is 4. The first-order chi connectivity index (χ1) is 8.70. The normalized spacial score (nSPS) is 28.0. The lowest BCUT2D eigenvalue weighted by Gasteiger charge is -2.16. The molecular weight excluding hydrogens is 236 g/mol. The molecule has 1 saturated heterocycles. The summed E-state index contributed by atoms with van der Waals surface area (Å²) in [4.78, 5) is 12.1. The first-order valence-electron chi connectivity index (χ1n) is 5.67. The first kappa shape index (κ1) is 11.3. The molecule has 0 amide bonds. The van der Waals surface area contributed by atoms with Crippen LogP contribution in [0.4, 0.5) is 5.82 Å². The number of anilines is 1. The van der Waals surface area contributed by atoms with Crippen LogP contribution in [0.3, 0.4) is 0 Å². The molecule has 0 bridgehead atoms. The fraction of sp³-hybridized carbons (Fsp3) is 0.500. The molecule has 0 unspecified atom stereocenters. The van der Waals surface area contributed by atoms with Crippen molar-refractivity contribution in [2.45, 2.75) is 24.9 Å². The van der Waals surface area contributed by atoms with Gasteiger partial charge in [0.25, 0.3) is 0 Å². The molecule has 1 fully saturated rings. The Kier molecular flexibility index (Phi) is 2.62. The molecule has 0 aliphatic carbocycles. The lowest BCUT2D eigenvalue weighted by Crippen LogP contribution is -2.20. The van der Waals surface area contributed by atoms with Crippen LogP contribution in [-0.2, 0) is 4.74 Å². The maximum absolute atomic E-state index is 9.99. The molecule has 0 saturated carbocycles. The van der Waals surface area contributed by atoms with Crippen molar-refractivity contribution >= 4 is 17.0 Å². The number of aliphatic hydroxyl groups excluding tert-OH is 1. The first-order valence-corrected chi connectivity index (χ1v) is 5.67. The minimum atomic E-state index is -0.632. The third-order valence-electron chi connectivity index (χ3n) is 3.09. The predicted molar refractivity (Wildman–Crippen MR) is 63.3 cm³/mol. The van der Waals surface area contributed by atoms with Crippen LogP contribution in [0, 0.1) is 0 Å². The second kappa shape index (κ2) is 4.16. The molecule has 3 rings (SSSR count). The average Bonchev–Trinajstić information content (AvgIpc) is 2.93. The van der Waals surface area contributed by atoms with Crippen LogP contribution in [0.2, 0.25) is 0 Å². The minimum Gasteiger partial charge on any atom is -0.388 e. The molecule has 8 heteroatoms. The smallest absolute Gasteiger partial charge is 0.167 e. The van der Waals surface area contributed by atoms with Crippen LogP contribution < -0.4 is 11.5 Å². The van der Waals surface area contributed by atoms with E-state index < -0.39 is 12.3 Å². The van der Waals surface area contributed by atoms with Gasteiger partial charge in [0.1, 0.15) is 17.9 Å². The van der Waals surface area contributed by atoms with Crippen molar-refractivity contribution in [2.24, 2.45) is 5.73 Å². The molecule has 0 spiro atoms. The SMILES string of the molecule is NC[C@@H]1C[C@H](O)[C@H](n2cnc3c(N)ncnc32)O1. The third kappa shape index (κ3) is 1.62. The molecule has 18 heavy (non-hydrogen) atoms. The summed E-state index contributed by atoms with van der Waals surface area (Å²) in [6.07, 6.45) is 2.09. The standard InChI is InChI=1S/C10H14N6O2/c11-2-5-1-6(17)10(18-5)16-4-15-7-8(12)13-3-14-9(7)16/h3-6,10,17H,1-2,11H2,(H2,12,13,14)/t5-,6-,10+/m0/s1. The number of nitrogen functional groups attached to an aromatic ring is 1. The Morgan fingerprint density at radius 1 is 1.44 bits per heavy atom. The van der Waals surface area contributed by atoms with Gasteiger partial charge in [-0.1, -0.05) is 0 Å². The summed E-state index contributed by atoms with van der Waals surface area (Å²) in [7, 11) is 0. The van der Waals surface area contributed by atoms with Gasteiger partial charge in [0.05, 0.1) is 12.4 Å². The van der Waals surface area contributed by atoms with E-state index in [0.29, 0.717) is 29.9 Å². The van der Waals surface area contributed by atoms with E-state index in [4.69, 9.17) is 16.2 Å². The highest BCUT2D eigenvalue weighted by Gasteiger charge is 2.35. The Labute approximate surface area is 103 Å². The van der Waals surface area contributed by atoms with Gasteiger partial charge in [0, 0.05) is 13.0 Å². The van der Waals surface area contributed by atoms with Crippen LogP contribution in [0.5, 0.6) is 0 Å². The number of nitrogens with zero attached hydrogens (tertiary/aromatic N) is 4. The number of fused-ring (bicyclic) bond motifs is 1. The molecule has 1 aliphatic heterocycles. The summed E-state index contributed by atoms with van der Waals surface area (Å²) in [5, 5.41) is 9.99. The van der Waals surface area contributed by atoms with Crippen molar-refractivity contribution in [3.63, 3.8) is 0 Å². The van der Waals surface area contributed by atoms with Crippen molar-refractivity contribution in [1.29, 1.82) is 0 Å². The maximum Gasteiger partial charge on any atom is 0.167 e. The quantitative estimate of drug-likeness (QED) is 0.625. The summed E-state index contributed by atoms with van der Waals surface area (Å²) >= 11 is 0. The predicted octanol–water partition coefficient (Wildman–Crippen LogP) is -0.984. The number of rotatable bonds is 2. The van der Waals surface area contributed by atoms with Gasteiger partial charge in [-0.25, -0.2) is 15.0 Å². The van der Waals surface area contributed by atoms with Gasteiger partial charge in [0.2, 0.25) is 0 Å². The molecule has 8 nitrogen and oxygen atoms in total. The van der Waals surface area contributed by atoms with E-state index in [0.717, 1.165) is 0 Å². The topological polar surface area (TPSA) is 125 Å². The summed E-state index contributed by atoms with van der Waals surface area (Å²) in [5.74, 6) is 0.307. The largest absolute Gasteiger partial charge is 0.388 e. The maximum atomic E-state index is 9.99. The van der Waals surface area contributed by atoms with Gasteiger partial charge in [-0.3, -0.25) is 4.57 Å². The number of ether oxygens (including phenoxy) is 1. The number of imidazole rings is 1. The molecule has 2 aromatic rings. The van der Waals surface area contributed by atoms with Crippen molar-refractivity contribution in [2.75, 3.05) is 12.3 Å². The van der Waals surface area contributed by atoms with E-state index in [2.05, 4.69) is 15.0 Å². The number of nitrogens with two attached hydrogens (primary N) is 2. The monoisotopic (exact) mass is 250 g/mol. The Morgan fingerprint density at radius 3 is 3.00 bits per heavy atom. The van der Waals surface area contributed by atoms with E-state index >= 15 is 0 Å². The Balaban J connectivity index is 2.02. The fourth-order valence-corrected chi connectivity index (χ4v) is 2.19. The zero-order valence-corrected chi connectivity index (χ0v) is 9.60. The van der Waals surface area contributed by atoms with Gasteiger partial charge < -0.3 is 21.3 Å². The lowest BCUT2D eigenvalue weighted by atomic mass is 10.2. The van der Waals surface area contributed by atoms with Crippen LogP contribution in [0.15, 0.2) is 12.7 Å². The van der Waals surface area contributed by atoms with Gasteiger partial charge in [-0.15, -0.1) is 0 Å². The van der Waals surface area contributed by atoms with Gasteiger partial charge in [0.15, 0.2) is 17.7 Å². The molecule has 1 aliphatic rings. The Bertz CT molecular complexity index is 570. The Morgan fingerprint density at radius 2 is 2.28 bits per heavy atom. The van der Waals surface area contributed by atoms with Crippen LogP contribution in [0.25, 0.3) is 11.2 Å². The third-order valence-corrected chi connectivity index (χ3v) is 3.09. The number of hydrogen-bond acceptors (Lipinski definition) is 7. The van der Waals surface area contributed by atoms with Crippen LogP contribution in [0.1, 0.15) is 12.6 Å². The molecule has 96 valence electrons. The molecular formula is C10H14N6O2. The Hall–Kier alpha value is -1.77. The van der Waals surface area contributed by atoms with E-state index in [9.17, 15) is 5.11 Å². The molecule has 0 radical (unpaired) electrons. The summed E-state index contributed by atoms with van der Waals surface area (Å²) in [6, 6.07) is 0. The zero-order valence-electron chi connectivity index (χ0n) is 9.60. The van der Waals surface area contributed by atoms with Crippen LogP contribution >= 0.6 is 0 Å². The molecule has 5 N–H and O–H groups in total. The molecule has 3 atom stereocenters. The second-order valence-corrected chi connectivity index (χ2v) is 4.27. The molecule has 3 heterocycles. The van der Waals surface area contributed by atoms with Crippen molar-refractivity contribution in [3.8, 4) is 0 Å². The zero-order chi connectivity index (χ0) is 12.7. The van der Waals surface area contributed by atoms with E-state index in [1.165, 1.54) is 6.33 Å². The summed E-state index contributed by atoms with van der Waals surface area (Å²) in [5.41, 5.74) is 12.3. The van der Waals surface area contributed by atoms with Crippen molar-refractivity contribution in [3.05, 3.63) is 12.7 Å². The second-order valence-electron chi connectivity index (χ2n) is 4.27. The minimum absolute atomic E-state index is 0.151. The number of hydrogen-bond donors (Lipinski definition) is 3. The molecule has 2 aromatic heterocycles.